The van der Waals surface area contributed by atoms with Crippen LogP contribution in [0.4, 0.5) is 0 Å². The molecule has 90 valence electrons. The summed E-state index contributed by atoms with van der Waals surface area (Å²) in [6.45, 7) is 6.47. The second-order valence-electron chi connectivity index (χ2n) is 4.92. The van der Waals surface area contributed by atoms with Crippen molar-refractivity contribution in [3.05, 3.63) is 12.2 Å². The van der Waals surface area contributed by atoms with E-state index in [1.165, 1.54) is 5.57 Å². The Morgan fingerprint density at radius 3 is 2.62 bits per heavy atom. The van der Waals surface area contributed by atoms with Gasteiger partial charge in [0.25, 0.3) is 0 Å². The Balaban J connectivity index is 1.65. The Morgan fingerprint density at radius 1 is 1.44 bits per heavy atom. The van der Waals surface area contributed by atoms with Crippen molar-refractivity contribution in [1.29, 1.82) is 0 Å². The maximum Gasteiger partial charge on any atom is 0.234 e. The van der Waals surface area contributed by atoms with E-state index in [0.29, 0.717) is 17.8 Å². The van der Waals surface area contributed by atoms with Crippen LogP contribution in [0.25, 0.3) is 0 Å². The lowest BCUT2D eigenvalue weighted by molar-refractivity contribution is -0.123. The Hall–Kier alpha value is -0.480. The van der Waals surface area contributed by atoms with Crippen molar-refractivity contribution < 1.29 is 4.79 Å². The van der Waals surface area contributed by atoms with Gasteiger partial charge in [-0.05, 0) is 25.7 Å². The molecular weight excluding hydrogens is 220 g/mol. The number of piperidine rings is 1. The summed E-state index contributed by atoms with van der Waals surface area (Å²) in [6, 6.07) is 0.370. The zero-order valence-corrected chi connectivity index (χ0v) is 10.5. The number of carbonyl (C=O) groups is 1. The van der Waals surface area contributed by atoms with Crippen LogP contribution in [0.3, 0.4) is 0 Å². The largest absolute Gasteiger partial charge is 0.352 e. The normalized spacial score (nSPS) is 30.9. The van der Waals surface area contributed by atoms with E-state index in [1.54, 1.807) is 0 Å². The molecule has 2 fully saturated rings. The summed E-state index contributed by atoms with van der Waals surface area (Å²) in [5.74, 6) is 0.165. The highest BCUT2D eigenvalue weighted by Crippen LogP contribution is 2.24. The van der Waals surface area contributed by atoms with Crippen molar-refractivity contribution in [3.63, 3.8) is 0 Å². The number of nitrogens with one attached hydrogen (secondary N) is 1. The standard InChI is InChI=1S/C12H20N2OS/c1-9-2-4-14(5-3-9)8-12(15)13-10-6-11(16)7-10/h10-11,16H,1-8H2,(H,13,15). The van der Waals surface area contributed by atoms with Crippen molar-refractivity contribution in [3.8, 4) is 0 Å². The molecule has 1 saturated carbocycles. The van der Waals surface area contributed by atoms with Crippen LogP contribution < -0.4 is 5.32 Å². The minimum atomic E-state index is 0.165. The van der Waals surface area contributed by atoms with Gasteiger partial charge in [0.15, 0.2) is 0 Å². The Morgan fingerprint density at radius 2 is 2.06 bits per heavy atom. The summed E-state index contributed by atoms with van der Waals surface area (Å²) in [6.07, 6.45) is 4.11. The zero-order valence-electron chi connectivity index (χ0n) is 9.61. The van der Waals surface area contributed by atoms with Gasteiger partial charge in [-0.15, -0.1) is 0 Å². The molecule has 0 atom stereocenters. The van der Waals surface area contributed by atoms with E-state index in [2.05, 4.69) is 29.4 Å². The van der Waals surface area contributed by atoms with E-state index in [0.717, 1.165) is 38.8 Å². The van der Waals surface area contributed by atoms with Crippen LogP contribution in [0, 0.1) is 0 Å². The van der Waals surface area contributed by atoms with Gasteiger partial charge in [0, 0.05) is 24.4 Å². The minimum absolute atomic E-state index is 0.165. The summed E-state index contributed by atoms with van der Waals surface area (Å²) in [7, 11) is 0. The third kappa shape index (κ3) is 3.25. The second kappa shape index (κ2) is 5.23. The molecule has 2 aliphatic rings. The number of hydrogen-bond donors (Lipinski definition) is 2. The average molecular weight is 240 g/mol. The van der Waals surface area contributed by atoms with Gasteiger partial charge in [-0.2, -0.15) is 12.6 Å². The SMILES string of the molecule is C=C1CCN(CC(=O)NC2CC(S)C2)CC1. The first-order chi connectivity index (χ1) is 7.63. The van der Waals surface area contributed by atoms with Crippen LogP contribution in [0.15, 0.2) is 12.2 Å². The predicted octanol–water partition coefficient (Wildman–Crippen LogP) is 1.22. The van der Waals surface area contributed by atoms with Crippen molar-refractivity contribution >= 4 is 18.5 Å². The molecule has 0 spiro atoms. The maximum atomic E-state index is 11.7. The fraction of sp³-hybridized carbons (Fsp3) is 0.750. The smallest absolute Gasteiger partial charge is 0.234 e. The molecule has 2 rings (SSSR count). The molecule has 4 heteroatoms. The minimum Gasteiger partial charge on any atom is -0.352 e. The van der Waals surface area contributed by atoms with Crippen LogP contribution in [0.1, 0.15) is 25.7 Å². The summed E-state index contributed by atoms with van der Waals surface area (Å²) < 4.78 is 0. The highest BCUT2D eigenvalue weighted by atomic mass is 32.1. The fourth-order valence-corrected chi connectivity index (χ4v) is 2.72. The Kier molecular flexibility index (Phi) is 3.92. The van der Waals surface area contributed by atoms with Crippen LogP contribution in [0.5, 0.6) is 0 Å². The molecule has 1 heterocycles. The van der Waals surface area contributed by atoms with Crippen LogP contribution in [0.2, 0.25) is 0 Å². The van der Waals surface area contributed by atoms with Crippen LogP contribution in [-0.2, 0) is 4.79 Å². The van der Waals surface area contributed by atoms with Crippen LogP contribution in [-0.4, -0.2) is 41.7 Å². The lowest BCUT2D eigenvalue weighted by Crippen LogP contribution is -2.49. The van der Waals surface area contributed by atoms with E-state index in [9.17, 15) is 4.79 Å². The summed E-state index contributed by atoms with van der Waals surface area (Å²) in [4.78, 5) is 13.9. The number of rotatable bonds is 3. The third-order valence-corrected chi connectivity index (χ3v) is 3.83. The van der Waals surface area contributed by atoms with Crippen molar-refractivity contribution in [2.45, 2.75) is 37.0 Å². The molecule has 1 amide bonds. The molecule has 1 N–H and O–H groups in total. The van der Waals surface area contributed by atoms with E-state index in [1.807, 2.05) is 0 Å². The molecule has 0 radical (unpaired) electrons. The quantitative estimate of drug-likeness (QED) is 0.574. The van der Waals surface area contributed by atoms with Crippen LogP contribution >= 0.6 is 12.6 Å². The van der Waals surface area contributed by atoms with Gasteiger partial charge in [0.1, 0.15) is 0 Å². The van der Waals surface area contributed by atoms with Gasteiger partial charge >= 0.3 is 0 Å². The van der Waals surface area contributed by atoms with Gasteiger partial charge in [-0.25, -0.2) is 0 Å². The van der Waals surface area contributed by atoms with E-state index >= 15 is 0 Å². The molecule has 1 aliphatic carbocycles. The fourth-order valence-electron chi connectivity index (χ4n) is 2.21. The van der Waals surface area contributed by atoms with Crippen molar-refractivity contribution in [2.24, 2.45) is 0 Å². The first-order valence-corrected chi connectivity index (χ1v) is 6.51. The number of amides is 1. The second-order valence-corrected chi connectivity index (χ2v) is 5.65. The number of thiol groups is 1. The average Bonchev–Trinajstić information content (AvgIpc) is 2.19. The molecule has 0 aromatic heterocycles. The molecule has 1 aliphatic heterocycles. The van der Waals surface area contributed by atoms with Crippen molar-refractivity contribution in [2.75, 3.05) is 19.6 Å². The maximum absolute atomic E-state index is 11.7. The number of carbonyl (C=O) groups excluding carboxylic acids is 1. The highest BCUT2D eigenvalue weighted by Gasteiger charge is 2.27. The van der Waals surface area contributed by atoms with Gasteiger partial charge in [-0.1, -0.05) is 12.2 Å². The summed E-state index contributed by atoms with van der Waals surface area (Å²) in [5.41, 5.74) is 1.31. The topological polar surface area (TPSA) is 32.3 Å². The first-order valence-electron chi connectivity index (χ1n) is 6.00. The first kappa shape index (κ1) is 12.0. The Bertz CT molecular complexity index is 277. The van der Waals surface area contributed by atoms with Gasteiger partial charge in [0.2, 0.25) is 5.91 Å². The van der Waals surface area contributed by atoms with Gasteiger partial charge in [0.05, 0.1) is 6.54 Å². The van der Waals surface area contributed by atoms with E-state index in [-0.39, 0.29) is 5.91 Å². The summed E-state index contributed by atoms with van der Waals surface area (Å²) >= 11 is 4.34. The lowest BCUT2D eigenvalue weighted by atomic mass is 9.92. The number of likely N-dealkylation sites (tertiary alicyclic amines) is 1. The molecule has 1 saturated heterocycles. The van der Waals surface area contributed by atoms with Gasteiger partial charge in [-0.3, -0.25) is 9.69 Å². The monoisotopic (exact) mass is 240 g/mol. The molecular formula is C12H20N2OS. The van der Waals surface area contributed by atoms with E-state index in [4.69, 9.17) is 0 Å². The molecule has 0 aromatic rings. The number of nitrogens with zero attached hydrogens (tertiary/aromatic N) is 1. The lowest BCUT2D eigenvalue weighted by Gasteiger charge is -2.34. The molecule has 0 unspecified atom stereocenters. The van der Waals surface area contributed by atoms with Gasteiger partial charge < -0.3 is 5.32 Å². The van der Waals surface area contributed by atoms with E-state index < -0.39 is 0 Å². The van der Waals surface area contributed by atoms with Crippen molar-refractivity contribution in [1.82, 2.24) is 10.2 Å². The molecule has 0 aromatic carbocycles. The summed E-state index contributed by atoms with van der Waals surface area (Å²) in [5, 5.41) is 3.54. The predicted molar refractivity (Wildman–Crippen MR) is 68.8 cm³/mol. The third-order valence-electron chi connectivity index (χ3n) is 3.41. The molecule has 0 bridgehead atoms. The highest BCUT2D eigenvalue weighted by molar-refractivity contribution is 7.81. The Labute approximate surface area is 103 Å². The zero-order chi connectivity index (χ0) is 11.5. The number of hydrogen-bond acceptors (Lipinski definition) is 3. The molecule has 3 nitrogen and oxygen atoms in total. The molecule has 16 heavy (non-hydrogen) atoms.